The molecule has 1 aromatic heterocycles. The Morgan fingerprint density at radius 1 is 0.875 bits per heavy atom. The molecule has 0 aliphatic carbocycles. The molecule has 0 saturated heterocycles. The van der Waals surface area contributed by atoms with Crippen LogP contribution in [0.15, 0.2) is 72.8 Å². The zero-order valence-electron chi connectivity index (χ0n) is 13.3. The number of rotatable bonds is 3. The second-order valence-corrected chi connectivity index (χ2v) is 5.88. The molecule has 116 valence electrons. The number of benzene rings is 3. The second kappa shape index (κ2) is 5.78. The maximum atomic E-state index is 12.6. The molecule has 3 aromatic carbocycles. The summed E-state index contributed by atoms with van der Waals surface area (Å²) >= 11 is 0. The predicted octanol–water partition coefficient (Wildman–Crippen LogP) is 4.77. The van der Waals surface area contributed by atoms with Gasteiger partial charge in [0.25, 0.3) is 0 Å². The van der Waals surface area contributed by atoms with E-state index in [1.54, 1.807) is 0 Å². The number of hydrogen-bond acceptors (Lipinski definition) is 2. The fourth-order valence-corrected chi connectivity index (χ4v) is 2.76. The molecule has 3 heteroatoms. The smallest absolute Gasteiger partial charge is 0.193 e. The van der Waals surface area contributed by atoms with Crippen molar-refractivity contribution in [2.75, 3.05) is 0 Å². The molecule has 0 atom stereocenters. The highest BCUT2D eigenvalue weighted by Crippen LogP contribution is 2.22. The van der Waals surface area contributed by atoms with Crippen LogP contribution in [0.25, 0.3) is 22.4 Å². The number of aryl methyl sites for hydroxylation is 1. The third-order valence-corrected chi connectivity index (χ3v) is 4.11. The number of nitrogens with zero attached hydrogens (tertiary/aromatic N) is 1. The van der Waals surface area contributed by atoms with Crippen LogP contribution in [0.2, 0.25) is 0 Å². The van der Waals surface area contributed by atoms with Crippen LogP contribution in [0.1, 0.15) is 21.5 Å². The fraction of sp³-hybridized carbons (Fsp3) is 0.0476. The number of imidazole rings is 1. The Balaban J connectivity index is 1.73. The molecule has 1 heterocycles. The molecule has 0 bridgehead atoms. The summed E-state index contributed by atoms with van der Waals surface area (Å²) in [6, 6.07) is 23.1. The Labute approximate surface area is 140 Å². The number of fused-ring (bicyclic) bond motifs is 1. The van der Waals surface area contributed by atoms with E-state index in [0.717, 1.165) is 22.4 Å². The minimum Gasteiger partial charge on any atom is -0.338 e. The average Bonchev–Trinajstić information content (AvgIpc) is 3.05. The number of ketones is 1. The van der Waals surface area contributed by atoms with E-state index in [1.165, 1.54) is 5.56 Å². The molecule has 0 unspecified atom stereocenters. The summed E-state index contributed by atoms with van der Waals surface area (Å²) < 4.78 is 0. The quantitative estimate of drug-likeness (QED) is 0.554. The van der Waals surface area contributed by atoms with Gasteiger partial charge in [-0.3, -0.25) is 4.79 Å². The zero-order chi connectivity index (χ0) is 16.5. The molecule has 0 spiro atoms. The van der Waals surface area contributed by atoms with Crippen LogP contribution in [0.5, 0.6) is 0 Å². The number of carbonyl (C=O) groups is 1. The van der Waals surface area contributed by atoms with Crippen LogP contribution in [0.3, 0.4) is 0 Å². The molecule has 0 radical (unpaired) electrons. The van der Waals surface area contributed by atoms with Crippen molar-refractivity contribution in [3.8, 4) is 11.4 Å². The minimum absolute atomic E-state index is 0.0176. The van der Waals surface area contributed by atoms with E-state index in [4.69, 9.17) is 0 Å². The largest absolute Gasteiger partial charge is 0.338 e. The van der Waals surface area contributed by atoms with Crippen LogP contribution < -0.4 is 0 Å². The lowest BCUT2D eigenvalue weighted by molar-refractivity contribution is 0.103. The molecule has 24 heavy (non-hydrogen) atoms. The molecule has 0 aliphatic rings. The van der Waals surface area contributed by atoms with Gasteiger partial charge in [0, 0.05) is 16.7 Å². The Morgan fingerprint density at radius 2 is 1.62 bits per heavy atom. The Bertz CT molecular complexity index is 1010. The molecule has 4 rings (SSSR count). The van der Waals surface area contributed by atoms with Crippen molar-refractivity contribution in [3.05, 3.63) is 89.5 Å². The number of aromatic amines is 1. The highest BCUT2D eigenvalue weighted by atomic mass is 16.1. The van der Waals surface area contributed by atoms with Gasteiger partial charge in [0.15, 0.2) is 5.78 Å². The van der Waals surface area contributed by atoms with Gasteiger partial charge in [-0.1, -0.05) is 60.2 Å². The standard InChI is InChI=1S/C21H16N2O/c1-14-7-9-16(10-8-14)21-22-18-12-11-17(13-19(18)23-21)20(24)15-5-3-2-4-6-15/h2-13H,1H3,(H,22,23). The number of nitrogens with one attached hydrogen (secondary N) is 1. The van der Waals surface area contributed by atoms with Gasteiger partial charge in [-0.25, -0.2) is 4.98 Å². The van der Waals surface area contributed by atoms with Gasteiger partial charge in [0.05, 0.1) is 11.0 Å². The van der Waals surface area contributed by atoms with E-state index in [1.807, 2.05) is 60.7 Å². The first-order valence-corrected chi connectivity index (χ1v) is 7.87. The normalized spacial score (nSPS) is 10.9. The summed E-state index contributed by atoms with van der Waals surface area (Å²) in [4.78, 5) is 20.5. The molecule has 0 fully saturated rings. The minimum atomic E-state index is 0.0176. The average molecular weight is 312 g/mol. The lowest BCUT2D eigenvalue weighted by atomic mass is 10.0. The molecule has 0 saturated carbocycles. The zero-order valence-corrected chi connectivity index (χ0v) is 13.3. The van der Waals surface area contributed by atoms with Gasteiger partial charge in [0.1, 0.15) is 5.82 Å². The van der Waals surface area contributed by atoms with Crippen LogP contribution in [-0.4, -0.2) is 15.8 Å². The van der Waals surface area contributed by atoms with E-state index in [-0.39, 0.29) is 5.78 Å². The third-order valence-electron chi connectivity index (χ3n) is 4.11. The summed E-state index contributed by atoms with van der Waals surface area (Å²) in [6.45, 7) is 2.06. The summed E-state index contributed by atoms with van der Waals surface area (Å²) in [6.07, 6.45) is 0. The van der Waals surface area contributed by atoms with E-state index < -0.39 is 0 Å². The van der Waals surface area contributed by atoms with E-state index >= 15 is 0 Å². The van der Waals surface area contributed by atoms with E-state index in [2.05, 4.69) is 29.0 Å². The molecule has 3 nitrogen and oxygen atoms in total. The first-order valence-electron chi connectivity index (χ1n) is 7.87. The van der Waals surface area contributed by atoms with Gasteiger partial charge in [0.2, 0.25) is 0 Å². The summed E-state index contributed by atoms with van der Waals surface area (Å²) in [7, 11) is 0. The molecular formula is C21H16N2O. The molecular weight excluding hydrogens is 296 g/mol. The number of aromatic nitrogens is 2. The SMILES string of the molecule is Cc1ccc(-c2nc3ccc(C(=O)c4ccccc4)cc3[nH]2)cc1. The maximum absolute atomic E-state index is 12.6. The molecule has 1 N–H and O–H groups in total. The molecule has 4 aromatic rings. The van der Waals surface area contributed by atoms with Crippen molar-refractivity contribution < 1.29 is 4.79 Å². The van der Waals surface area contributed by atoms with E-state index in [0.29, 0.717) is 11.1 Å². The monoisotopic (exact) mass is 312 g/mol. The maximum Gasteiger partial charge on any atom is 0.193 e. The van der Waals surface area contributed by atoms with Crippen molar-refractivity contribution in [2.45, 2.75) is 6.92 Å². The van der Waals surface area contributed by atoms with Crippen molar-refractivity contribution in [3.63, 3.8) is 0 Å². The van der Waals surface area contributed by atoms with Crippen molar-refractivity contribution in [1.82, 2.24) is 9.97 Å². The second-order valence-electron chi connectivity index (χ2n) is 5.88. The Kier molecular flexibility index (Phi) is 3.47. The molecule has 0 aliphatic heterocycles. The van der Waals surface area contributed by atoms with Gasteiger partial charge in [-0.2, -0.15) is 0 Å². The van der Waals surface area contributed by atoms with Gasteiger partial charge in [-0.15, -0.1) is 0 Å². The van der Waals surface area contributed by atoms with Crippen molar-refractivity contribution in [1.29, 1.82) is 0 Å². The topological polar surface area (TPSA) is 45.8 Å². The van der Waals surface area contributed by atoms with Crippen LogP contribution in [0, 0.1) is 6.92 Å². The Morgan fingerprint density at radius 3 is 2.38 bits per heavy atom. The highest BCUT2D eigenvalue weighted by Gasteiger charge is 2.11. The highest BCUT2D eigenvalue weighted by molar-refractivity contribution is 6.10. The van der Waals surface area contributed by atoms with Crippen LogP contribution in [-0.2, 0) is 0 Å². The van der Waals surface area contributed by atoms with Crippen molar-refractivity contribution >= 4 is 16.8 Å². The third kappa shape index (κ3) is 2.61. The number of hydrogen-bond donors (Lipinski definition) is 1. The van der Waals surface area contributed by atoms with Gasteiger partial charge >= 0.3 is 0 Å². The molecule has 0 amide bonds. The number of carbonyl (C=O) groups excluding carboxylic acids is 1. The summed E-state index contributed by atoms with van der Waals surface area (Å²) in [5.74, 6) is 0.832. The van der Waals surface area contributed by atoms with Crippen molar-refractivity contribution in [2.24, 2.45) is 0 Å². The fourth-order valence-electron chi connectivity index (χ4n) is 2.76. The first kappa shape index (κ1) is 14.4. The Hall–Kier alpha value is -3.20. The predicted molar refractivity (Wildman–Crippen MR) is 96.1 cm³/mol. The number of H-pyrrole nitrogens is 1. The van der Waals surface area contributed by atoms with Crippen LogP contribution in [0.4, 0.5) is 0 Å². The van der Waals surface area contributed by atoms with Gasteiger partial charge in [-0.05, 0) is 25.1 Å². The van der Waals surface area contributed by atoms with Gasteiger partial charge < -0.3 is 4.98 Å². The van der Waals surface area contributed by atoms with Crippen LogP contribution >= 0.6 is 0 Å². The summed E-state index contributed by atoms with van der Waals surface area (Å²) in [5, 5.41) is 0. The summed E-state index contributed by atoms with van der Waals surface area (Å²) in [5.41, 5.74) is 5.32. The lowest BCUT2D eigenvalue weighted by Crippen LogP contribution is -2.00. The lowest BCUT2D eigenvalue weighted by Gasteiger charge is -2.00. The van der Waals surface area contributed by atoms with E-state index in [9.17, 15) is 4.79 Å². The first-order chi connectivity index (χ1) is 11.7.